The molecule has 0 amide bonds. The number of benzene rings is 2. The van der Waals surface area contributed by atoms with Crippen molar-refractivity contribution in [2.24, 2.45) is 0 Å². The van der Waals surface area contributed by atoms with Crippen LogP contribution in [0, 0.1) is 0 Å². The Labute approximate surface area is 158 Å². The number of aliphatic hydroxyl groups excluding tert-OH is 1. The first-order chi connectivity index (χ1) is 13.2. The summed E-state index contributed by atoms with van der Waals surface area (Å²) in [4.78, 5) is 15.0. The van der Waals surface area contributed by atoms with E-state index in [-0.39, 0.29) is 11.5 Å². The van der Waals surface area contributed by atoms with Crippen LogP contribution >= 0.6 is 0 Å². The molecule has 2 heterocycles. The summed E-state index contributed by atoms with van der Waals surface area (Å²) < 4.78 is 11.7. The van der Waals surface area contributed by atoms with Gasteiger partial charge in [0.05, 0.1) is 23.5 Å². The van der Waals surface area contributed by atoms with Crippen LogP contribution in [0.2, 0.25) is 0 Å². The zero-order valence-electron chi connectivity index (χ0n) is 15.4. The third kappa shape index (κ3) is 4.15. The fourth-order valence-electron chi connectivity index (χ4n) is 3.64. The molecule has 0 saturated carbocycles. The Kier molecular flexibility index (Phi) is 5.41. The molecule has 4 rings (SSSR count). The first-order valence-electron chi connectivity index (χ1n) is 9.69. The largest absolute Gasteiger partial charge is 0.493 e. The van der Waals surface area contributed by atoms with Gasteiger partial charge in [-0.15, -0.1) is 0 Å². The van der Waals surface area contributed by atoms with Gasteiger partial charge in [0.25, 0.3) is 0 Å². The molecule has 0 spiro atoms. The Bertz CT molecular complexity index is 973. The van der Waals surface area contributed by atoms with Gasteiger partial charge in [0.15, 0.2) is 0 Å². The van der Waals surface area contributed by atoms with Crippen LogP contribution in [0.4, 0.5) is 0 Å². The van der Waals surface area contributed by atoms with Crippen molar-refractivity contribution in [1.82, 2.24) is 4.90 Å². The minimum atomic E-state index is -0.116. The predicted molar refractivity (Wildman–Crippen MR) is 106 cm³/mol. The van der Waals surface area contributed by atoms with E-state index in [2.05, 4.69) is 4.90 Å². The number of likely N-dealkylation sites (tertiary alicyclic amines) is 1. The Morgan fingerprint density at radius 2 is 1.81 bits per heavy atom. The first-order valence-corrected chi connectivity index (χ1v) is 9.69. The minimum absolute atomic E-state index is 0.00921. The van der Waals surface area contributed by atoms with Crippen molar-refractivity contribution < 1.29 is 14.3 Å². The van der Waals surface area contributed by atoms with E-state index in [1.807, 2.05) is 24.3 Å². The summed E-state index contributed by atoms with van der Waals surface area (Å²) in [6.45, 7) is 3.66. The molecule has 1 aliphatic heterocycles. The molecule has 1 saturated heterocycles. The van der Waals surface area contributed by atoms with Crippen LogP contribution in [0.3, 0.4) is 0 Å². The highest BCUT2D eigenvalue weighted by Crippen LogP contribution is 2.23. The predicted octanol–water partition coefficient (Wildman–Crippen LogP) is 3.56. The van der Waals surface area contributed by atoms with Gasteiger partial charge < -0.3 is 19.2 Å². The molecule has 0 bridgehead atoms. The molecule has 0 aliphatic carbocycles. The average molecular weight is 367 g/mol. The molecule has 1 fully saturated rings. The second-order valence-corrected chi connectivity index (χ2v) is 7.21. The van der Waals surface area contributed by atoms with Gasteiger partial charge in [0.2, 0.25) is 5.43 Å². The maximum Gasteiger partial charge on any atom is 0.200 e. The number of hydrogen-bond acceptors (Lipinski definition) is 5. The Morgan fingerprint density at radius 3 is 2.67 bits per heavy atom. The molecule has 142 valence electrons. The van der Waals surface area contributed by atoms with Gasteiger partial charge >= 0.3 is 0 Å². The molecule has 3 aromatic rings. The van der Waals surface area contributed by atoms with Crippen molar-refractivity contribution >= 4 is 21.9 Å². The molecule has 1 aromatic heterocycles. The van der Waals surface area contributed by atoms with Crippen LogP contribution in [-0.2, 0) is 0 Å². The maximum absolute atomic E-state index is 12.5. The Balaban J connectivity index is 1.34. The highest BCUT2D eigenvalue weighted by Gasteiger charge is 2.16. The summed E-state index contributed by atoms with van der Waals surface area (Å²) in [5.74, 6) is 0.724. The summed E-state index contributed by atoms with van der Waals surface area (Å²) >= 11 is 0. The van der Waals surface area contributed by atoms with Crippen molar-refractivity contribution in [3.8, 4) is 5.75 Å². The second-order valence-electron chi connectivity index (χ2n) is 7.21. The van der Waals surface area contributed by atoms with Gasteiger partial charge in [-0.05, 0) is 56.5 Å². The number of nitrogens with zero attached hydrogens (tertiary/aromatic N) is 1. The quantitative estimate of drug-likeness (QED) is 0.533. The lowest BCUT2D eigenvalue weighted by atomic mass is 10.1. The number of piperidine rings is 1. The van der Waals surface area contributed by atoms with E-state index in [1.54, 1.807) is 18.2 Å². The Morgan fingerprint density at radius 1 is 1.04 bits per heavy atom. The fraction of sp³-hybridized carbons (Fsp3) is 0.409. The van der Waals surface area contributed by atoms with E-state index in [1.165, 1.54) is 0 Å². The maximum atomic E-state index is 12.5. The summed E-state index contributed by atoms with van der Waals surface area (Å²) in [6, 6.07) is 12.7. The zero-order valence-corrected chi connectivity index (χ0v) is 15.4. The molecule has 5 nitrogen and oxygen atoms in total. The summed E-state index contributed by atoms with van der Waals surface area (Å²) in [5.41, 5.74) is 1.15. The number of aliphatic hydroxyl groups is 1. The van der Waals surface area contributed by atoms with Crippen molar-refractivity contribution in [3.63, 3.8) is 0 Å². The fourth-order valence-corrected chi connectivity index (χ4v) is 3.64. The van der Waals surface area contributed by atoms with Gasteiger partial charge in [-0.1, -0.05) is 12.1 Å². The van der Waals surface area contributed by atoms with Crippen LogP contribution in [0.25, 0.3) is 21.9 Å². The van der Waals surface area contributed by atoms with Gasteiger partial charge in [0.1, 0.15) is 16.9 Å². The van der Waals surface area contributed by atoms with E-state index < -0.39 is 0 Å². The molecule has 1 aliphatic rings. The third-order valence-electron chi connectivity index (χ3n) is 5.24. The van der Waals surface area contributed by atoms with Gasteiger partial charge in [-0.3, -0.25) is 4.79 Å². The first kappa shape index (κ1) is 18.0. The Hall–Kier alpha value is -2.37. The summed E-state index contributed by atoms with van der Waals surface area (Å²) in [7, 11) is 0. The average Bonchev–Trinajstić information content (AvgIpc) is 2.69. The van der Waals surface area contributed by atoms with Gasteiger partial charge in [-0.2, -0.15) is 0 Å². The minimum Gasteiger partial charge on any atom is -0.493 e. The molecular formula is C22H25NO4. The molecule has 2 aromatic carbocycles. The standard InChI is InChI=1S/C22H25NO4/c24-16-9-12-23(13-10-16)11-3-4-14-26-17-7-8-19-21(15-17)27-20-6-2-1-5-18(20)22(19)25/h1-2,5-8,15-16,24H,3-4,9-14H2. The molecular weight excluding hydrogens is 342 g/mol. The lowest BCUT2D eigenvalue weighted by Gasteiger charge is -2.29. The number of rotatable bonds is 6. The van der Waals surface area contributed by atoms with Crippen molar-refractivity contribution in [2.45, 2.75) is 31.8 Å². The third-order valence-corrected chi connectivity index (χ3v) is 5.24. The topological polar surface area (TPSA) is 62.9 Å². The van der Waals surface area contributed by atoms with E-state index in [4.69, 9.17) is 9.15 Å². The van der Waals surface area contributed by atoms with Crippen LogP contribution in [-0.4, -0.2) is 42.4 Å². The SMILES string of the molecule is O=c1c2ccccc2oc2cc(OCCCCN3CCC(O)CC3)ccc12. The van der Waals surface area contributed by atoms with Crippen molar-refractivity contribution in [3.05, 3.63) is 52.7 Å². The van der Waals surface area contributed by atoms with Gasteiger partial charge in [0, 0.05) is 19.2 Å². The zero-order chi connectivity index (χ0) is 18.6. The number of hydrogen-bond donors (Lipinski definition) is 1. The van der Waals surface area contributed by atoms with Gasteiger partial charge in [-0.25, -0.2) is 0 Å². The second kappa shape index (κ2) is 8.11. The molecule has 0 unspecified atom stereocenters. The van der Waals surface area contributed by atoms with E-state index in [0.29, 0.717) is 28.5 Å². The lowest BCUT2D eigenvalue weighted by Crippen LogP contribution is -2.36. The highest BCUT2D eigenvalue weighted by atomic mass is 16.5. The molecule has 5 heteroatoms. The van der Waals surface area contributed by atoms with Crippen molar-refractivity contribution in [2.75, 3.05) is 26.2 Å². The van der Waals surface area contributed by atoms with Crippen LogP contribution in [0.1, 0.15) is 25.7 Å². The van der Waals surface area contributed by atoms with Crippen molar-refractivity contribution in [1.29, 1.82) is 0 Å². The smallest absolute Gasteiger partial charge is 0.200 e. The highest BCUT2D eigenvalue weighted by molar-refractivity contribution is 5.90. The number of ether oxygens (including phenoxy) is 1. The van der Waals surface area contributed by atoms with E-state index >= 15 is 0 Å². The van der Waals surface area contributed by atoms with Crippen LogP contribution in [0.15, 0.2) is 51.7 Å². The number of fused-ring (bicyclic) bond motifs is 2. The number of unbranched alkanes of at least 4 members (excludes halogenated alkanes) is 1. The number of para-hydroxylation sites is 1. The molecule has 0 atom stereocenters. The molecule has 0 radical (unpaired) electrons. The lowest BCUT2D eigenvalue weighted by molar-refractivity contribution is 0.0812. The monoisotopic (exact) mass is 367 g/mol. The summed E-state index contributed by atoms with van der Waals surface area (Å²) in [6.07, 6.45) is 3.69. The van der Waals surface area contributed by atoms with E-state index in [9.17, 15) is 9.90 Å². The molecule has 27 heavy (non-hydrogen) atoms. The normalized spacial score (nSPS) is 16.2. The van der Waals surface area contributed by atoms with Crippen LogP contribution in [0.5, 0.6) is 5.75 Å². The summed E-state index contributed by atoms with van der Waals surface area (Å²) in [5, 5.41) is 10.7. The van der Waals surface area contributed by atoms with Crippen LogP contribution < -0.4 is 10.2 Å². The molecule has 1 N–H and O–H groups in total. The van der Waals surface area contributed by atoms with E-state index in [0.717, 1.165) is 51.1 Å².